The van der Waals surface area contributed by atoms with E-state index in [2.05, 4.69) is 26.1 Å². The van der Waals surface area contributed by atoms with Crippen molar-refractivity contribution in [3.05, 3.63) is 29.0 Å². The number of rotatable bonds is 2. The van der Waals surface area contributed by atoms with Crippen molar-refractivity contribution in [3.63, 3.8) is 0 Å². The Morgan fingerprint density at radius 3 is 2.50 bits per heavy atom. The van der Waals surface area contributed by atoms with E-state index in [1.54, 1.807) is 6.07 Å². The van der Waals surface area contributed by atoms with Crippen molar-refractivity contribution in [2.75, 3.05) is 5.32 Å². The zero-order valence-corrected chi connectivity index (χ0v) is 13.4. The summed E-state index contributed by atoms with van der Waals surface area (Å²) in [6.45, 7) is 6.99. The van der Waals surface area contributed by atoms with Crippen LogP contribution in [0, 0.1) is 17.2 Å². The molecule has 0 aliphatic heterocycles. The van der Waals surface area contributed by atoms with Crippen molar-refractivity contribution >= 4 is 17.3 Å². The van der Waals surface area contributed by atoms with Crippen LogP contribution in [-0.4, -0.2) is 6.04 Å². The second-order valence-electron chi connectivity index (χ2n) is 7.07. The monoisotopic (exact) mass is 297 g/mol. The van der Waals surface area contributed by atoms with E-state index in [1.807, 2.05) is 0 Å². The average molecular weight is 298 g/mol. The topological polar surface area (TPSA) is 12.0 Å². The largest absolute Gasteiger partial charge is 0.382 e. The Balaban J connectivity index is 1.97. The Morgan fingerprint density at radius 2 is 1.85 bits per heavy atom. The molecule has 1 saturated carbocycles. The van der Waals surface area contributed by atoms with Crippen molar-refractivity contribution in [2.24, 2.45) is 11.3 Å². The second-order valence-corrected chi connectivity index (χ2v) is 7.51. The molecule has 0 spiro atoms. The molecule has 0 heterocycles. The molecule has 2 unspecified atom stereocenters. The van der Waals surface area contributed by atoms with E-state index >= 15 is 0 Å². The molecular weight excluding hydrogens is 273 g/mol. The molecular formula is C17H25ClFN. The van der Waals surface area contributed by atoms with Crippen LogP contribution >= 0.6 is 11.6 Å². The van der Waals surface area contributed by atoms with Gasteiger partial charge in [-0.05, 0) is 55.2 Å². The van der Waals surface area contributed by atoms with Crippen molar-refractivity contribution in [1.29, 1.82) is 0 Å². The first-order valence-corrected chi connectivity index (χ1v) is 7.95. The predicted molar refractivity (Wildman–Crippen MR) is 84.9 cm³/mol. The fourth-order valence-corrected chi connectivity index (χ4v) is 3.41. The minimum absolute atomic E-state index is 0.277. The van der Waals surface area contributed by atoms with E-state index < -0.39 is 0 Å². The third-order valence-corrected chi connectivity index (χ3v) is 4.65. The van der Waals surface area contributed by atoms with Gasteiger partial charge in [0.25, 0.3) is 0 Å². The van der Waals surface area contributed by atoms with Crippen LogP contribution in [0.3, 0.4) is 0 Å². The Hall–Kier alpha value is -0.760. The van der Waals surface area contributed by atoms with Gasteiger partial charge in [-0.15, -0.1) is 0 Å². The van der Waals surface area contributed by atoms with Crippen LogP contribution in [0.15, 0.2) is 18.2 Å². The fraction of sp³-hybridized carbons (Fsp3) is 0.647. The maximum atomic E-state index is 13.4. The highest BCUT2D eigenvalue weighted by Crippen LogP contribution is 2.37. The number of halogens is 2. The van der Waals surface area contributed by atoms with Gasteiger partial charge < -0.3 is 5.32 Å². The summed E-state index contributed by atoms with van der Waals surface area (Å²) in [5.41, 5.74) is 1.19. The van der Waals surface area contributed by atoms with E-state index in [0.29, 0.717) is 16.5 Å². The van der Waals surface area contributed by atoms with Crippen molar-refractivity contribution in [2.45, 2.75) is 58.9 Å². The van der Waals surface area contributed by atoms with Gasteiger partial charge in [0, 0.05) is 16.8 Å². The zero-order chi connectivity index (χ0) is 14.8. The van der Waals surface area contributed by atoms with Crippen LogP contribution < -0.4 is 5.32 Å². The van der Waals surface area contributed by atoms with Gasteiger partial charge in [-0.1, -0.05) is 38.8 Å². The minimum atomic E-state index is -0.277. The molecule has 112 valence electrons. The standard InChI is InChI=1S/C17H25ClFN/c1-17(2,3)12-5-4-6-15(8-7-12)20-16-10-13(18)9-14(19)11-16/h9-12,15,20H,4-8H2,1-3H3. The Morgan fingerprint density at radius 1 is 1.10 bits per heavy atom. The van der Waals surface area contributed by atoms with Crippen molar-refractivity contribution < 1.29 is 4.39 Å². The van der Waals surface area contributed by atoms with Gasteiger partial charge in [-0.25, -0.2) is 4.39 Å². The smallest absolute Gasteiger partial charge is 0.126 e. The summed E-state index contributed by atoms with van der Waals surface area (Å²) in [4.78, 5) is 0. The minimum Gasteiger partial charge on any atom is -0.382 e. The molecule has 0 bridgehead atoms. The molecule has 0 saturated heterocycles. The Kier molecular flexibility index (Phi) is 4.95. The van der Waals surface area contributed by atoms with Gasteiger partial charge in [-0.3, -0.25) is 0 Å². The van der Waals surface area contributed by atoms with Crippen LogP contribution in [0.5, 0.6) is 0 Å². The lowest BCUT2D eigenvalue weighted by molar-refractivity contribution is 0.214. The van der Waals surface area contributed by atoms with Crippen LogP contribution in [-0.2, 0) is 0 Å². The molecule has 1 fully saturated rings. The maximum Gasteiger partial charge on any atom is 0.126 e. The molecule has 3 heteroatoms. The third-order valence-electron chi connectivity index (χ3n) is 4.43. The number of anilines is 1. The maximum absolute atomic E-state index is 13.4. The summed E-state index contributed by atoms with van der Waals surface area (Å²) >= 11 is 5.90. The molecule has 0 aromatic heterocycles. The number of nitrogens with one attached hydrogen (secondary N) is 1. The zero-order valence-electron chi connectivity index (χ0n) is 12.7. The summed E-state index contributed by atoms with van der Waals surface area (Å²) in [5, 5.41) is 3.90. The first-order valence-electron chi connectivity index (χ1n) is 7.57. The summed E-state index contributed by atoms with van der Waals surface area (Å²) in [5.74, 6) is 0.506. The summed E-state index contributed by atoms with van der Waals surface area (Å²) in [6, 6.07) is 5.10. The van der Waals surface area contributed by atoms with E-state index in [0.717, 1.165) is 24.4 Å². The highest BCUT2D eigenvalue weighted by atomic mass is 35.5. The summed E-state index contributed by atoms with van der Waals surface area (Å²) in [6.07, 6.45) is 6.08. The molecule has 2 rings (SSSR count). The summed E-state index contributed by atoms with van der Waals surface area (Å²) < 4.78 is 13.4. The number of hydrogen-bond donors (Lipinski definition) is 1. The van der Waals surface area contributed by atoms with E-state index in [1.165, 1.54) is 31.4 Å². The van der Waals surface area contributed by atoms with Gasteiger partial charge in [0.1, 0.15) is 5.82 Å². The van der Waals surface area contributed by atoms with Crippen molar-refractivity contribution in [3.8, 4) is 0 Å². The first-order chi connectivity index (χ1) is 9.34. The van der Waals surface area contributed by atoms with E-state index in [4.69, 9.17) is 11.6 Å². The number of benzene rings is 1. The molecule has 0 amide bonds. The van der Waals surface area contributed by atoms with Gasteiger partial charge in [0.2, 0.25) is 0 Å². The molecule has 1 aliphatic rings. The molecule has 0 radical (unpaired) electrons. The molecule has 1 aromatic rings. The molecule has 1 aliphatic carbocycles. The highest BCUT2D eigenvalue weighted by Gasteiger charge is 2.27. The quantitative estimate of drug-likeness (QED) is 0.672. The van der Waals surface area contributed by atoms with Crippen LogP contribution in [0.4, 0.5) is 10.1 Å². The highest BCUT2D eigenvalue weighted by molar-refractivity contribution is 6.30. The van der Waals surface area contributed by atoms with E-state index in [9.17, 15) is 4.39 Å². The molecule has 2 atom stereocenters. The van der Waals surface area contributed by atoms with Gasteiger partial charge in [0.15, 0.2) is 0 Å². The van der Waals surface area contributed by atoms with Crippen LogP contribution in [0.2, 0.25) is 5.02 Å². The molecule has 1 nitrogen and oxygen atoms in total. The SMILES string of the molecule is CC(C)(C)C1CCCC(Nc2cc(F)cc(Cl)c2)CC1. The van der Waals surface area contributed by atoms with Crippen LogP contribution in [0.1, 0.15) is 52.9 Å². The van der Waals surface area contributed by atoms with Gasteiger partial charge in [-0.2, -0.15) is 0 Å². The Labute approximate surface area is 126 Å². The normalized spacial score (nSPS) is 24.2. The Bertz CT molecular complexity index is 433. The summed E-state index contributed by atoms with van der Waals surface area (Å²) in [7, 11) is 0. The average Bonchev–Trinajstić information content (AvgIpc) is 2.52. The fourth-order valence-electron chi connectivity index (χ4n) is 3.18. The second kappa shape index (κ2) is 6.34. The first kappa shape index (κ1) is 15.6. The third kappa shape index (κ3) is 4.37. The molecule has 20 heavy (non-hydrogen) atoms. The van der Waals surface area contributed by atoms with Gasteiger partial charge in [0.05, 0.1) is 0 Å². The van der Waals surface area contributed by atoms with Crippen LogP contribution in [0.25, 0.3) is 0 Å². The molecule has 1 N–H and O–H groups in total. The lowest BCUT2D eigenvalue weighted by Gasteiger charge is -2.29. The van der Waals surface area contributed by atoms with Gasteiger partial charge >= 0.3 is 0 Å². The van der Waals surface area contributed by atoms with E-state index in [-0.39, 0.29) is 5.82 Å². The lowest BCUT2D eigenvalue weighted by atomic mass is 9.76. The number of hydrogen-bond acceptors (Lipinski definition) is 1. The molecule has 1 aromatic carbocycles. The van der Waals surface area contributed by atoms with Crippen molar-refractivity contribution in [1.82, 2.24) is 0 Å². The lowest BCUT2D eigenvalue weighted by Crippen LogP contribution is -2.21. The predicted octanol–water partition coefficient (Wildman–Crippen LogP) is 5.89.